The van der Waals surface area contributed by atoms with E-state index < -0.39 is 0 Å². The summed E-state index contributed by atoms with van der Waals surface area (Å²) in [5, 5.41) is 3.34. The van der Waals surface area contributed by atoms with Crippen LogP contribution in [0.2, 0.25) is 0 Å². The largest absolute Gasteiger partial charge is 0.315 e. The molecule has 1 unspecified atom stereocenters. The number of piperazine rings is 1. The second-order valence-corrected chi connectivity index (χ2v) is 4.19. The molecule has 0 spiro atoms. The van der Waals surface area contributed by atoms with Crippen LogP contribution < -0.4 is 10.1 Å². The Morgan fingerprint density at radius 1 is 1.69 bits per heavy atom. The van der Waals surface area contributed by atoms with Gasteiger partial charge >= 0.3 is 0 Å². The molecule has 1 saturated heterocycles. The van der Waals surface area contributed by atoms with Crippen molar-refractivity contribution in [3.63, 3.8) is 0 Å². The van der Waals surface area contributed by atoms with E-state index in [9.17, 15) is 4.79 Å². The number of rotatable bonds is 1. The molecule has 1 aromatic heterocycles. The lowest BCUT2D eigenvalue weighted by Gasteiger charge is -2.29. The molecule has 72 valence electrons. The zero-order valence-electron chi connectivity index (χ0n) is 7.54. The van der Waals surface area contributed by atoms with Gasteiger partial charge in [-0.1, -0.05) is 0 Å². The molecule has 2 rings (SSSR count). The van der Waals surface area contributed by atoms with E-state index in [0.717, 1.165) is 36.7 Å². The fraction of sp³-hybridized carbons (Fsp3) is 0.625. The lowest BCUT2D eigenvalue weighted by molar-refractivity contribution is 0.240. The third kappa shape index (κ3) is 1.82. The fourth-order valence-electron chi connectivity index (χ4n) is 1.61. The van der Waals surface area contributed by atoms with Crippen LogP contribution in [0, 0.1) is 0 Å². The Bertz CT molecular complexity index is 332. The summed E-state index contributed by atoms with van der Waals surface area (Å²) in [6, 6.07) is 0.203. The van der Waals surface area contributed by atoms with Crippen molar-refractivity contribution >= 4 is 11.5 Å². The normalized spacial score (nSPS) is 24.8. The minimum Gasteiger partial charge on any atom is -0.315 e. The molecule has 2 heterocycles. The maximum atomic E-state index is 11.4. The van der Waals surface area contributed by atoms with Crippen molar-refractivity contribution in [2.45, 2.75) is 6.04 Å². The monoisotopic (exact) mass is 199 g/mol. The van der Waals surface area contributed by atoms with Crippen LogP contribution in [-0.4, -0.2) is 36.0 Å². The Morgan fingerprint density at radius 3 is 3.15 bits per heavy atom. The van der Waals surface area contributed by atoms with Crippen LogP contribution in [0.5, 0.6) is 0 Å². The Kier molecular flexibility index (Phi) is 2.48. The number of H-pyrrole nitrogens is 1. The number of aromatic nitrogens is 1. The number of aromatic amines is 1. The van der Waals surface area contributed by atoms with Crippen molar-refractivity contribution in [2.24, 2.45) is 0 Å². The summed E-state index contributed by atoms with van der Waals surface area (Å²) >= 11 is 1.16. The third-order valence-electron chi connectivity index (χ3n) is 2.36. The molecule has 2 N–H and O–H groups in total. The van der Waals surface area contributed by atoms with Crippen molar-refractivity contribution in [1.29, 1.82) is 0 Å². The van der Waals surface area contributed by atoms with Crippen LogP contribution in [0.25, 0.3) is 0 Å². The molecule has 0 aliphatic carbocycles. The molecular weight excluding hydrogens is 186 g/mol. The van der Waals surface area contributed by atoms with E-state index in [0.29, 0.717) is 0 Å². The second kappa shape index (κ2) is 3.61. The van der Waals surface area contributed by atoms with Crippen LogP contribution in [0.15, 0.2) is 11.0 Å². The molecule has 1 aliphatic heterocycles. The first-order chi connectivity index (χ1) is 6.27. The molecule has 13 heavy (non-hydrogen) atoms. The zero-order chi connectivity index (χ0) is 9.26. The van der Waals surface area contributed by atoms with Gasteiger partial charge in [0.15, 0.2) is 0 Å². The molecule has 1 aromatic rings. The molecule has 1 aliphatic rings. The van der Waals surface area contributed by atoms with Crippen molar-refractivity contribution in [2.75, 3.05) is 26.7 Å². The summed E-state index contributed by atoms with van der Waals surface area (Å²) in [4.78, 5) is 13.6. The zero-order valence-corrected chi connectivity index (χ0v) is 8.36. The number of hydrogen-bond donors (Lipinski definition) is 2. The molecule has 4 nitrogen and oxygen atoms in total. The second-order valence-electron chi connectivity index (χ2n) is 3.38. The maximum absolute atomic E-state index is 11.4. The van der Waals surface area contributed by atoms with E-state index in [4.69, 9.17) is 0 Å². The smallest absolute Gasteiger partial charge is 0.254 e. The van der Waals surface area contributed by atoms with Crippen molar-refractivity contribution in [3.05, 3.63) is 21.3 Å². The van der Waals surface area contributed by atoms with Gasteiger partial charge in [-0.05, 0) is 18.6 Å². The van der Waals surface area contributed by atoms with E-state index in [1.54, 1.807) is 0 Å². The highest BCUT2D eigenvalue weighted by molar-refractivity contribution is 7.03. The van der Waals surface area contributed by atoms with Crippen LogP contribution in [-0.2, 0) is 0 Å². The minimum absolute atomic E-state index is 0.146. The quantitative estimate of drug-likeness (QED) is 0.670. The summed E-state index contributed by atoms with van der Waals surface area (Å²) in [5.74, 6) is 0. The molecule has 0 saturated carbocycles. The number of likely N-dealkylation sites (N-methyl/N-ethyl adjacent to an activating group) is 1. The van der Waals surface area contributed by atoms with Gasteiger partial charge in [0.1, 0.15) is 0 Å². The minimum atomic E-state index is 0.146. The first-order valence-electron chi connectivity index (χ1n) is 4.36. The lowest BCUT2D eigenvalue weighted by atomic mass is 10.1. The van der Waals surface area contributed by atoms with Crippen molar-refractivity contribution < 1.29 is 0 Å². The molecule has 0 aromatic carbocycles. The summed E-state index contributed by atoms with van der Waals surface area (Å²) in [5.41, 5.74) is 0.872. The molecular formula is C8H13N3OS. The Labute approximate surface area is 80.7 Å². The molecule has 1 fully saturated rings. The fourth-order valence-corrected chi connectivity index (χ4v) is 2.22. The number of hydrogen-bond acceptors (Lipinski definition) is 4. The van der Waals surface area contributed by atoms with E-state index in [-0.39, 0.29) is 10.8 Å². The average Bonchev–Trinajstić information content (AvgIpc) is 2.51. The first-order valence-corrected chi connectivity index (χ1v) is 5.18. The molecule has 5 heteroatoms. The number of nitrogens with one attached hydrogen (secondary N) is 2. The highest BCUT2D eigenvalue weighted by atomic mass is 32.1. The Balaban J connectivity index is 2.17. The summed E-state index contributed by atoms with van der Waals surface area (Å²) < 4.78 is 3.03. The van der Waals surface area contributed by atoms with E-state index in [2.05, 4.69) is 21.6 Å². The van der Waals surface area contributed by atoms with Gasteiger partial charge in [0, 0.05) is 31.4 Å². The lowest BCUT2D eigenvalue weighted by Crippen LogP contribution is -2.44. The average molecular weight is 199 g/mol. The van der Waals surface area contributed by atoms with E-state index in [1.165, 1.54) is 0 Å². The van der Waals surface area contributed by atoms with E-state index >= 15 is 0 Å². The van der Waals surface area contributed by atoms with Crippen LogP contribution in [0.4, 0.5) is 0 Å². The predicted molar refractivity (Wildman–Crippen MR) is 53.2 cm³/mol. The van der Waals surface area contributed by atoms with Gasteiger partial charge in [-0.15, -0.1) is 0 Å². The molecule has 1 atom stereocenters. The third-order valence-corrected chi connectivity index (χ3v) is 3.01. The van der Waals surface area contributed by atoms with Gasteiger partial charge in [-0.3, -0.25) is 4.79 Å². The Hall–Kier alpha value is -0.650. The van der Waals surface area contributed by atoms with Gasteiger partial charge in [0.05, 0.1) is 6.04 Å². The highest BCUT2D eigenvalue weighted by Crippen LogP contribution is 2.12. The first kappa shape index (κ1) is 8.93. The maximum Gasteiger partial charge on any atom is 0.254 e. The summed E-state index contributed by atoms with van der Waals surface area (Å²) in [7, 11) is 2.08. The van der Waals surface area contributed by atoms with Crippen molar-refractivity contribution in [3.8, 4) is 0 Å². The van der Waals surface area contributed by atoms with Crippen LogP contribution in [0.1, 0.15) is 11.6 Å². The van der Waals surface area contributed by atoms with Gasteiger partial charge in [0.25, 0.3) is 4.74 Å². The highest BCUT2D eigenvalue weighted by Gasteiger charge is 2.20. The SMILES string of the molecule is CN1CCNC(c2c[nH]sc2=O)C1. The van der Waals surface area contributed by atoms with Gasteiger partial charge in [0.2, 0.25) is 0 Å². The van der Waals surface area contributed by atoms with Gasteiger partial charge < -0.3 is 14.6 Å². The van der Waals surface area contributed by atoms with Gasteiger partial charge in [-0.25, -0.2) is 0 Å². The molecule has 0 radical (unpaired) electrons. The number of nitrogens with zero attached hydrogens (tertiary/aromatic N) is 1. The van der Waals surface area contributed by atoms with E-state index in [1.807, 2.05) is 6.20 Å². The molecule has 0 bridgehead atoms. The Morgan fingerprint density at radius 2 is 2.54 bits per heavy atom. The summed E-state index contributed by atoms with van der Waals surface area (Å²) in [6.07, 6.45) is 1.81. The summed E-state index contributed by atoms with van der Waals surface area (Å²) in [6.45, 7) is 2.93. The van der Waals surface area contributed by atoms with Crippen LogP contribution >= 0.6 is 11.5 Å². The van der Waals surface area contributed by atoms with Crippen LogP contribution in [0.3, 0.4) is 0 Å². The topological polar surface area (TPSA) is 48.1 Å². The standard InChI is InChI=1S/C8H13N3OS/c1-11-3-2-9-7(5-11)6-4-10-13-8(6)12/h4,7,9-10H,2-3,5H2,1H3. The van der Waals surface area contributed by atoms with Crippen molar-refractivity contribution in [1.82, 2.24) is 14.6 Å². The van der Waals surface area contributed by atoms with Gasteiger partial charge in [-0.2, -0.15) is 0 Å². The molecule has 0 amide bonds. The predicted octanol–water partition coefficient (Wildman–Crippen LogP) is 0.0125.